The summed E-state index contributed by atoms with van der Waals surface area (Å²) in [5, 5.41) is 7.21. The van der Waals surface area contributed by atoms with Crippen molar-refractivity contribution in [2.24, 2.45) is 0 Å². The Morgan fingerprint density at radius 1 is 1.14 bits per heavy atom. The van der Waals surface area contributed by atoms with Gasteiger partial charge in [0.25, 0.3) is 0 Å². The van der Waals surface area contributed by atoms with Crippen LogP contribution in [0.15, 0.2) is 0 Å². The Balaban J connectivity index is 0. The Morgan fingerprint density at radius 3 is 1.29 bits per heavy atom. The third-order valence-corrected chi connectivity index (χ3v) is 0.367. The average molecular weight is 171 g/mol. The standard InChI is InChI=1S/Ni.H4O5Si/c;1-5-6(2,3)4/h;1-4H. The summed E-state index contributed by atoms with van der Waals surface area (Å²) in [4.78, 5) is 22.8. The van der Waals surface area contributed by atoms with Crippen LogP contribution in [-0.2, 0) is 21.1 Å². The minimum Gasteiger partial charge on any atom is -0.366 e. The quantitative estimate of drug-likeness (QED) is 0.206. The molecule has 0 aliphatic heterocycles. The molecule has 0 spiro atoms. The molecule has 0 aromatic carbocycles. The van der Waals surface area contributed by atoms with E-state index >= 15 is 0 Å². The second-order valence-corrected chi connectivity index (χ2v) is 2.00. The van der Waals surface area contributed by atoms with E-state index in [1.54, 1.807) is 0 Å². The first-order chi connectivity index (χ1) is 2.56. The first-order valence-corrected chi connectivity index (χ1v) is 2.81. The smallest absolute Gasteiger partial charge is 0.366 e. The number of rotatable bonds is 1. The molecule has 0 amide bonds. The van der Waals surface area contributed by atoms with E-state index < -0.39 is 9.05 Å². The molecule has 7 heteroatoms. The van der Waals surface area contributed by atoms with E-state index in [1.807, 2.05) is 0 Å². The van der Waals surface area contributed by atoms with Gasteiger partial charge in [0.05, 0.1) is 0 Å². The maximum Gasteiger partial charge on any atom is 0.699 e. The fourth-order valence-corrected chi connectivity index (χ4v) is 0. The van der Waals surface area contributed by atoms with Gasteiger partial charge in [0, 0.05) is 16.5 Å². The number of hydrogen-bond donors (Lipinski definition) is 4. The van der Waals surface area contributed by atoms with Crippen molar-refractivity contribution in [1.82, 2.24) is 0 Å². The average Bonchev–Trinajstić information content (AvgIpc) is 1.35. The van der Waals surface area contributed by atoms with Crippen LogP contribution in [0.2, 0.25) is 0 Å². The minimum absolute atomic E-state index is 0. The summed E-state index contributed by atoms with van der Waals surface area (Å²) in [6, 6.07) is 0. The SMILES string of the molecule is OO[Si](O)(O)O.[Ni]. The summed E-state index contributed by atoms with van der Waals surface area (Å²) in [7, 11) is -4.58. The van der Waals surface area contributed by atoms with E-state index in [0.29, 0.717) is 0 Å². The molecular weight excluding hydrogens is 167 g/mol. The predicted octanol–water partition coefficient (Wildman–Crippen LogP) is -2.11. The molecular formula is H4NiO5Si. The van der Waals surface area contributed by atoms with Gasteiger partial charge in [-0.25, -0.2) is 0 Å². The molecule has 0 rings (SSSR count). The Morgan fingerprint density at radius 2 is 1.29 bits per heavy atom. The van der Waals surface area contributed by atoms with Crippen molar-refractivity contribution >= 4 is 9.05 Å². The summed E-state index contributed by atoms with van der Waals surface area (Å²) in [6.07, 6.45) is 0. The molecule has 5 nitrogen and oxygen atoms in total. The van der Waals surface area contributed by atoms with Crippen molar-refractivity contribution in [3.05, 3.63) is 0 Å². The molecule has 0 aromatic rings. The Bertz CT molecular complexity index is 37.8. The zero-order valence-electron chi connectivity index (χ0n) is 3.01. The summed E-state index contributed by atoms with van der Waals surface area (Å²) in [6.45, 7) is 0. The number of hydrogen-bond acceptors (Lipinski definition) is 5. The minimum atomic E-state index is -4.58. The van der Waals surface area contributed by atoms with Crippen LogP contribution in [0.25, 0.3) is 0 Å². The van der Waals surface area contributed by atoms with E-state index in [0.717, 1.165) is 0 Å². The van der Waals surface area contributed by atoms with Gasteiger partial charge in [-0.05, 0) is 0 Å². The van der Waals surface area contributed by atoms with Gasteiger partial charge in [0.15, 0.2) is 0 Å². The monoisotopic (exact) mass is 170 g/mol. The van der Waals surface area contributed by atoms with Crippen molar-refractivity contribution in [3.8, 4) is 0 Å². The molecule has 0 aromatic heterocycles. The van der Waals surface area contributed by atoms with Gasteiger partial charge < -0.3 is 14.4 Å². The Labute approximate surface area is 50.5 Å². The van der Waals surface area contributed by atoms with Crippen molar-refractivity contribution in [2.45, 2.75) is 0 Å². The molecule has 0 radical (unpaired) electrons. The summed E-state index contributed by atoms with van der Waals surface area (Å²) in [5.41, 5.74) is 0. The molecule has 48 valence electrons. The fraction of sp³-hybridized carbons (Fsp3) is 0. The van der Waals surface area contributed by atoms with Gasteiger partial charge in [0.1, 0.15) is 0 Å². The zero-order valence-corrected chi connectivity index (χ0v) is 5.00. The van der Waals surface area contributed by atoms with Gasteiger partial charge in [0.2, 0.25) is 0 Å². The molecule has 0 aliphatic carbocycles. The van der Waals surface area contributed by atoms with E-state index in [1.165, 1.54) is 0 Å². The topological polar surface area (TPSA) is 90.2 Å². The first kappa shape index (κ1) is 10.5. The van der Waals surface area contributed by atoms with Gasteiger partial charge in [-0.2, -0.15) is 4.58 Å². The predicted molar refractivity (Wildman–Crippen MR) is 16.1 cm³/mol. The largest absolute Gasteiger partial charge is 0.699 e. The van der Waals surface area contributed by atoms with E-state index in [4.69, 9.17) is 19.6 Å². The van der Waals surface area contributed by atoms with Crippen LogP contribution < -0.4 is 0 Å². The van der Waals surface area contributed by atoms with Crippen LogP contribution in [0, 0.1) is 0 Å². The van der Waals surface area contributed by atoms with Crippen molar-refractivity contribution in [3.63, 3.8) is 0 Å². The van der Waals surface area contributed by atoms with E-state index in [2.05, 4.69) is 4.58 Å². The third-order valence-electron chi connectivity index (χ3n) is 0.122. The van der Waals surface area contributed by atoms with Crippen molar-refractivity contribution in [1.29, 1.82) is 0 Å². The van der Waals surface area contributed by atoms with Crippen molar-refractivity contribution in [2.75, 3.05) is 0 Å². The normalized spacial score (nSPS) is 10.3. The van der Waals surface area contributed by atoms with E-state index in [-0.39, 0.29) is 16.5 Å². The van der Waals surface area contributed by atoms with Crippen LogP contribution >= 0.6 is 0 Å². The van der Waals surface area contributed by atoms with Crippen LogP contribution in [0.4, 0.5) is 0 Å². The van der Waals surface area contributed by atoms with Crippen molar-refractivity contribution < 1.29 is 40.7 Å². The summed E-state index contributed by atoms with van der Waals surface area (Å²) < 4.78 is 2.74. The molecule has 0 unspecified atom stereocenters. The molecule has 0 fully saturated rings. The molecule has 7 heavy (non-hydrogen) atoms. The molecule has 0 saturated carbocycles. The second kappa shape index (κ2) is 3.50. The maximum atomic E-state index is 7.60. The molecule has 0 atom stereocenters. The molecule has 4 N–H and O–H groups in total. The van der Waals surface area contributed by atoms with Crippen LogP contribution in [0.5, 0.6) is 0 Å². The van der Waals surface area contributed by atoms with Gasteiger partial charge >= 0.3 is 9.05 Å². The van der Waals surface area contributed by atoms with Gasteiger partial charge in [-0.1, -0.05) is 0 Å². The second-order valence-electron chi connectivity index (χ2n) is 0.665. The molecule has 0 heterocycles. The molecule has 0 saturated heterocycles. The van der Waals surface area contributed by atoms with Crippen LogP contribution in [0.3, 0.4) is 0 Å². The third kappa shape index (κ3) is 10.7. The Kier molecular flexibility index (Phi) is 5.25. The molecule has 0 aliphatic rings. The van der Waals surface area contributed by atoms with Crippen LogP contribution in [-0.4, -0.2) is 28.7 Å². The van der Waals surface area contributed by atoms with Gasteiger partial charge in [-0.3, -0.25) is 5.26 Å². The Hall–Kier alpha value is 0.510. The van der Waals surface area contributed by atoms with Gasteiger partial charge in [-0.15, -0.1) is 0 Å². The molecule has 0 bridgehead atoms. The maximum absolute atomic E-state index is 7.60. The fourth-order valence-electron chi connectivity index (χ4n) is 0. The first-order valence-electron chi connectivity index (χ1n) is 1.06. The van der Waals surface area contributed by atoms with Crippen LogP contribution in [0.1, 0.15) is 0 Å². The zero-order chi connectivity index (χ0) is 5.21. The summed E-state index contributed by atoms with van der Waals surface area (Å²) in [5.74, 6) is 0. The summed E-state index contributed by atoms with van der Waals surface area (Å²) >= 11 is 0. The van der Waals surface area contributed by atoms with E-state index in [9.17, 15) is 0 Å².